The highest BCUT2D eigenvalue weighted by Gasteiger charge is 2.25. The van der Waals surface area contributed by atoms with E-state index in [1.165, 1.54) is 25.7 Å². The number of nitrogens with zero attached hydrogens (tertiary/aromatic N) is 6. The van der Waals surface area contributed by atoms with Crippen LogP contribution in [0.2, 0.25) is 25.7 Å². The summed E-state index contributed by atoms with van der Waals surface area (Å²) in [5.74, 6) is 1.81. The smallest absolute Gasteiger partial charge is 0.215 e. The van der Waals surface area contributed by atoms with Crippen molar-refractivity contribution in [2.75, 3.05) is 36.2 Å². The van der Waals surface area contributed by atoms with Crippen molar-refractivity contribution in [1.82, 2.24) is 20.2 Å². The number of pyridine rings is 2. The fourth-order valence-corrected chi connectivity index (χ4v) is 7.05. The molecule has 5 rings (SSSR count). The van der Waals surface area contributed by atoms with Crippen molar-refractivity contribution in [3.8, 4) is 0 Å². The standard InChI is InChI=1S/C28H40N6O2SSi/c1-20(35)21-11-13-33(14-12-21)23-17-25-24(29-18-23)9-10-26(30-25)34(19-36-15-16-38(2,3)4)28-32-31-27(37-28)22-7-5-6-8-22/h9-10,17-18,21-22H,5-8,11-16,19H2,1-4H3. The number of carbonyl (C=O) groups excluding carboxylic acids is 1. The van der Waals surface area contributed by atoms with Crippen LogP contribution in [0, 0.1) is 5.92 Å². The minimum atomic E-state index is -1.19. The molecule has 2 fully saturated rings. The molecule has 3 aromatic rings. The lowest BCUT2D eigenvalue weighted by molar-refractivity contribution is -0.121. The van der Waals surface area contributed by atoms with Gasteiger partial charge in [0.05, 0.1) is 22.9 Å². The molecule has 0 spiro atoms. The Hall–Kier alpha value is -2.43. The summed E-state index contributed by atoms with van der Waals surface area (Å²) in [6.45, 7) is 11.7. The molecule has 0 aromatic carbocycles. The molecule has 10 heteroatoms. The average Bonchev–Trinajstić information content (AvgIpc) is 3.60. The molecule has 0 radical (unpaired) electrons. The van der Waals surface area contributed by atoms with Crippen LogP contribution >= 0.6 is 11.3 Å². The summed E-state index contributed by atoms with van der Waals surface area (Å²) in [5.41, 5.74) is 2.77. The molecule has 0 amide bonds. The zero-order chi connectivity index (χ0) is 26.7. The van der Waals surface area contributed by atoms with Gasteiger partial charge in [-0.1, -0.05) is 43.8 Å². The highest BCUT2D eigenvalue weighted by atomic mass is 32.1. The van der Waals surface area contributed by atoms with E-state index in [1.807, 2.05) is 18.3 Å². The van der Waals surface area contributed by atoms with Crippen LogP contribution in [0.1, 0.15) is 56.4 Å². The summed E-state index contributed by atoms with van der Waals surface area (Å²) in [6.07, 6.45) is 8.66. The number of piperidine rings is 1. The molecule has 4 heterocycles. The average molecular weight is 553 g/mol. The number of ketones is 1. The number of ether oxygens (including phenoxy) is 1. The van der Waals surface area contributed by atoms with Gasteiger partial charge in [0.2, 0.25) is 5.13 Å². The summed E-state index contributed by atoms with van der Waals surface area (Å²) < 4.78 is 6.18. The first-order valence-electron chi connectivity index (χ1n) is 14.0. The van der Waals surface area contributed by atoms with E-state index in [4.69, 9.17) is 14.7 Å². The van der Waals surface area contributed by atoms with E-state index in [1.54, 1.807) is 18.3 Å². The number of rotatable bonds is 10. The molecule has 1 saturated carbocycles. The normalized spacial score (nSPS) is 17.4. The van der Waals surface area contributed by atoms with Crippen LogP contribution in [0.4, 0.5) is 16.6 Å². The van der Waals surface area contributed by atoms with Crippen LogP contribution in [0.25, 0.3) is 11.0 Å². The molecule has 0 N–H and O–H groups in total. The van der Waals surface area contributed by atoms with Crippen LogP contribution < -0.4 is 9.80 Å². The first kappa shape index (κ1) is 27.1. The minimum absolute atomic E-state index is 0.180. The molecular formula is C28H40N6O2SSi. The Kier molecular flexibility index (Phi) is 8.40. The topological polar surface area (TPSA) is 84.3 Å². The highest BCUT2D eigenvalue weighted by Crippen LogP contribution is 2.38. The van der Waals surface area contributed by atoms with E-state index < -0.39 is 8.07 Å². The van der Waals surface area contributed by atoms with E-state index in [0.29, 0.717) is 18.4 Å². The second-order valence-corrected chi connectivity index (χ2v) is 18.6. The van der Waals surface area contributed by atoms with Gasteiger partial charge in [-0.2, -0.15) is 0 Å². The molecule has 0 unspecified atom stereocenters. The van der Waals surface area contributed by atoms with Crippen molar-refractivity contribution in [2.24, 2.45) is 5.92 Å². The summed E-state index contributed by atoms with van der Waals surface area (Å²) >= 11 is 1.67. The van der Waals surface area contributed by atoms with E-state index >= 15 is 0 Å². The number of hydrogen-bond donors (Lipinski definition) is 0. The number of carbonyl (C=O) groups is 1. The second kappa shape index (κ2) is 11.8. The van der Waals surface area contributed by atoms with Gasteiger partial charge >= 0.3 is 0 Å². The molecule has 1 saturated heterocycles. The molecule has 0 atom stereocenters. The number of anilines is 3. The lowest BCUT2D eigenvalue weighted by atomic mass is 9.93. The quantitative estimate of drug-likeness (QED) is 0.162. The van der Waals surface area contributed by atoms with Gasteiger partial charge in [-0.15, -0.1) is 10.2 Å². The third-order valence-corrected chi connectivity index (χ3v) is 10.6. The highest BCUT2D eigenvalue weighted by molar-refractivity contribution is 7.15. The van der Waals surface area contributed by atoms with E-state index in [2.05, 4.69) is 45.7 Å². The molecule has 1 aliphatic carbocycles. The van der Waals surface area contributed by atoms with Crippen molar-refractivity contribution in [1.29, 1.82) is 0 Å². The second-order valence-electron chi connectivity index (χ2n) is 12.0. The van der Waals surface area contributed by atoms with Crippen LogP contribution in [-0.2, 0) is 9.53 Å². The lowest BCUT2D eigenvalue weighted by Gasteiger charge is -2.32. The van der Waals surface area contributed by atoms with Gasteiger partial charge in [0.1, 0.15) is 23.3 Å². The largest absolute Gasteiger partial charge is 0.370 e. The van der Waals surface area contributed by atoms with Crippen molar-refractivity contribution in [3.63, 3.8) is 0 Å². The number of aromatic nitrogens is 4. The Bertz CT molecular complexity index is 1250. The SMILES string of the molecule is CC(=O)C1CCN(c2cnc3ccc(N(COCC[Si](C)(C)C)c4nnc(C5CCCC5)s4)nc3c2)CC1. The van der Waals surface area contributed by atoms with Crippen LogP contribution in [0.5, 0.6) is 0 Å². The van der Waals surface area contributed by atoms with E-state index in [-0.39, 0.29) is 5.92 Å². The van der Waals surface area contributed by atoms with Crippen molar-refractivity contribution < 1.29 is 9.53 Å². The van der Waals surface area contributed by atoms with Crippen molar-refractivity contribution >= 4 is 52.9 Å². The van der Waals surface area contributed by atoms with Crippen molar-refractivity contribution in [3.05, 3.63) is 29.4 Å². The maximum Gasteiger partial charge on any atom is 0.215 e. The fourth-order valence-electron chi connectivity index (χ4n) is 5.28. The molecule has 3 aromatic heterocycles. The van der Waals surface area contributed by atoms with Gasteiger partial charge in [0.15, 0.2) is 0 Å². The molecule has 38 heavy (non-hydrogen) atoms. The molecule has 0 bridgehead atoms. The van der Waals surface area contributed by atoms with Crippen molar-refractivity contribution in [2.45, 2.75) is 77.1 Å². The molecular weight excluding hydrogens is 513 g/mol. The van der Waals surface area contributed by atoms with Crippen LogP contribution in [0.15, 0.2) is 24.4 Å². The summed E-state index contributed by atoms with van der Waals surface area (Å²) in [5, 5.41) is 11.1. The summed E-state index contributed by atoms with van der Waals surface area (Å²) in [4.78, 5) is 25.9. The zero-order valence-corrected chi connectivity index (χ0v) is 25.0. The van der Waals surface area contributed by atoms with Gasteiger partial charge in [0, 0.05) is 39.6 Å². The Labute approximate surface area is 230 Å². The number of fused-ring (bicyclic) bond motifs is 1. The molecule has 204 valence electrons. The van der Waals surface area contributed by atoms with Gasteiger partial charge in [-0.25, -0.2) is 4.98 Å². The Morgan fingerprint density at radius 1 is 1.11 bits per heavy atom. The maximum atomic E-state index is 11.8. The third kappa shape index (κ3) is 6.58. The third-order valence-electron chi connectivity index (χ3n) is 7.80. The Morgan fingerprint density at radius 3 is 2.58 bits per heavy atom. The zero-order valence-electron chi connectivity index (χ0n) is 23.2. The molecule has 2 aliphatic rings. The predicted molar refractivity (Wildman–Crippen MR) is 157 cm³/mol. The van der Waals surface area contributed by atoms with Gasteiger partial charge in [0.25, 0.3) is 0 Å². The minimum Gasteiger partial charge on any atom is -0.370 e. The van der Waals surface area contributed by atoms with E-state index in [0.717, 1.165) is 71.3 Å². The van der Waals surface area contributed by atoms with Gasteiger partial charge < -0.3 is 9.64 Å². The fraction of sp³-hybridized carbons (Fsp3) is 0.607. The first-order chi connectivity index (χ1) is 18.3. The summed E-state index contributed by atoms with van der Waals surface area (Å²) in [7, 11) is -1.19. The van der Waals surface area contributed by atoms with E-state index in [9.17, 15) is 4.79 Å². The Balaban J connectivity index is 1.38. The van der Waals surface area contributed by atoms with Crippen LogP contribution in [-0.4, -0.2) is 60.4 Å². The lowest BCUT2D eigenvalue weighted by Crippen LogP contribution is -2.35. The maximum absolute atomic E-state index is 11.8. The Morgan fingerprint density at radius 2 is 1.87 bits per heavy atom. The number of Topliss-reactive ketones (excluding diaryl/α,β-unsaturated/α-hetero) is 1. The molecule has 8 nitrogen and oxygen atoms in total. The summed E-state index contributed by atoms with van der Waals surface area (Å²) in [6, 6.07) is 7.26. The first-order valence-corrected chi connectivity index (χ1v) is 18.5. The van der Waals surface area contributed by atoms with Gasteiger partial charge in [-0.05, 0) is 56.9 Å². The molecule has 1 aliphatic heterocycles. The van der Waals surface area contributed by atoms with Gasteiger partial charge in [-0.3, -0.25) is 14.7 Å². The predicted octanol–water partition coefficient (Wildman–Crippen LogP) is 6.39. The monoisotopic (exact) mass is 552 g/mol. The van der Waals surface area contributed by atoms with Crippen LogP contribution in [0.3, 0.4) is 0 Å². The number of hydrogen-bond acceptors (Lipinski definition) is 9.